The highest BCUT2D eigenvalue weighted by Crippen LogP contribution is 2.15. The van der Waals surface area contributed by atoms with Gasteiger partial charge >= 0.3 is 0 Å². The van der Waals surface area contributed by atoms with Crippen LogP contribution in [0.25, 0.3) is 17.8 Å². The van der Waals surface area contributed by atoms with Crippen molar-refractivity contribution in [3.05, 3.63) is 102 Å². The standard InChI is InChI=1S/C22H17N5O/c28-22(18-8-11-21(12-9-18)27-16-23-15-25-27)26-20-6-3-4-17(14-20)7-10-19-5-1-2-13-24-19/h1-16H,(H,26,28)/b10-7+. The molecule has 0 saturated heterocycles. The number of nitrogens with one attached hydrogen (secondary N) is 1. The first kappa shape index (κ1) is 17.4. The van der Waals surface area contributed by atoms with E-state index < -0.39 is 0 Å². The minimum atomic E-state index is -0.170. The average Bonchev–Trinajstić information content (AvgIpc) is 3.28. The number of nitrogens with zero attached hydrogens (tertiary/aromatic N) is 4. The molecule has 28 heavy (non-hydrogen) atoms. The molecule has 2 aromatic carbocycles. The molecule has 0 aliphatic rings. The van der Waals surface area contributed by atoms with Gasteiger partial charge in [0.05, 0.1) is 11.4 Å². The summed E-state index contributed by atoms with van der Waals surface area (Å²) in [5.41, 5.74) is 4.00. The van der Waals surface area contributed by atoms with E-state index in [1.165, 1.54) is 6.33 Å². The zero-order valence-corrected chi connectivity index (χ0v) is 14.9. The Kier molecular flexibility index (Phi) is 5.02. The van der Waals surface area contributed by atoms with E-state index in [4.69, 9.17) is 0 Å². The van der Waals surface area contributed by atoms with Gasteiger partial charge in [-0.2, -0.15) is 5.10 Å². The van der Waals surface area contributed by atoms with Crippen LogP contribution in [0, 0.1) is 0 Å². The molecule has 2 aromatic heterocycles. The van der Waals surface area contributed by atoms with Crippen molar-refractivity contribution in [3.8, 4) is 5.69 Å². The second kappa shape index (κ2) is 8.09. The highest BCUT2D eigenvalue weighted by Gasteiger charge is 2.07. The zero-order valence-electron chi connectivity index (χ0n) is 14.9. The molecular weight excluding hydrogens is 350 g/mol. The van der Waals surface area contributed by atoms with Gasteiger partial charge in [-0.3, -0.25) is 9.78 Å². The van der Waals surface area contributed by atoms with E-state index in [-0.39, 0.29) is 5.91 Å². The predicted octanol–water partition coefficient (Wildman–Crippen LogP) is 4.09. The second-order valence-corrected chi connectivity index (χ2v) is 6.05. The van der Waals surface area contributed by atoms with Crippen LogP contribution >= 0.6 is 0 Å². The first-order valence-corrected chi connectivity index (χ1v) is 8.73. The molecule has 0 saturated carbocycles. The largest absolute Gasteiger partial charge is 0.322 e. The maximum Gasteiger partial charge on any atom is 0.255 e. The molecule has 4 aromatic rings. The number of carbonyl (C=O) groups is 1. The Bertz CT molecular complexity index is 1090. The number of anilines is 1. The monoisotopic (exact) mass is 367 g/mol. The zero-order chi connectivity index (χ0) is 19.2. The van der Waals surface area contributed by atoms with Crippen LogP contribution in [0.5, 0.6) is 0 Å². The lowest BCUT2D eigenvalue weighted by atomic mass is 10.1. The number of hydrogen-bond donors (Lipinski definition) is 1. The number of hydrogen-bond acceptors (Lipinski definition) is 4. The minimum Gasteiger partial charge on any atom is -0.322 e. The van der Waals surface area contributed by atoms with Gasteiger partial charge in [-0.25, -0.2) is 9.67 Å². The van der Waals surface area contributed by atoms with Crippen LogP contribution in [-0.4, -0.2) is 25.7 Å². The fraction of sp³-hybridized carbons (Fsp3) is 0. The van der Waals surface area contributed by atoms with Crippen molar-refractivity contribution in [1.29, 1.82) is 0 Å². The summed E-state index contributed by atoms with van der Waals surface area (Å²) in [5.74, 6) is -0.170. The van der Waals surface area contributed by atoms with E-state index in [9.17, 15) is 4.79 Å². The van der Waals surface area contributed by atoms with Crippen LogP contribution in [0.15, 0.2) is 85.6 Å². The summed E-state index contributed by atoms with van der Waals surface area (Å²) in [7, 11) is 0. The van der Waals surface area contributed by atoms with Crippen molar-refractivity contribution < 1.29 is 4.79 Å². The number of aromatic nitrogens is 4. The van der Waals surface area contributed by atoms with Gasteiger partial charge in [0.25, 0.3) is 5.91 Å². The van der Waals surface area contributed by atoms with Crippen LogP contribution in [0.4, 0.5) is 5.69 Å². The van der Waals surface area contributed by atoms with Gasteiger partial charge in [0.1, 0.15) is 12.7 Å². The minimum absolute atomic E-state index is 0.170. The van der Waals surface area contributed by atoms with E-state index in [0.717, 1.165) is 22.6 Å². The molecular formula is C22H17N5O. The fourth-order valence-electron chi connectivity index (χ4n) is 2.69. The summed E-state index contributed by atoms with van der Waals surface area (Å²) in [6, 6.07) is 20.6. The molecule has 6 nitrogen and oxygen atoms in total. The summed E-state index contributed by atoms with van der Waals surface area (Å²) >= 11 is 0. The van der Waals surface area contributed by atoms with E-state index in [2.05, 4.69) is 20.4 Å². The second-order valence-electron chi connectivity index (χ2n) is 6.05. The third-order valence-electron chi connectivity index (χ3n) is 4.09. The van der Waals surface area contributed by atoms with E-state index in [1.54, 1.807) is 29.3 Å². The third kappa shape index (κ3) is 4.19. The summed E-state index contributed by atoms with van der Waals surface area (Å²) in [5, 5.41) is 7.00. The predicted molar refractivity (Wildman–Crippen MR) is 109 cm³/mol. The Morgan fingerprint density at radius 3 is 2.61 bits per heavy atom. The fourth-order valence-corrected chi connectivity index (χ4v) is 2.69. The van der Waals surface area contributed by atoms with Gasteiger partial charge in [-0.1, -0.05) is 24.3 Å². The molecule has 0 fully saturated rings. The van der Waals surface area contributed by atoms with E-state index in [0.29, 0.717) is 5.56 Å². The smallest absolute Gasteiger partial charge is 0.255 e. The first-order chi connectivity index (χ1) is 13.8. The molecule has 0 atom stereocenters. The quantitative estimate of drug-likeness (QED) is 0.577. The Morgan fingerprint density at radius 1 is 0.964 bits per heavy atom. The molecule has 1 N–H and O–H groups in total. The van der Waals surface area contributed by atoms with Crippen molar-refractivity contribution in [2.45, 2.75) is 0 Å². The van der Waals surface area contributed by atoms with Crippen molar-refractivity contribution >= 4 is 23.7 Å². The van der Waals surface area contributed by atoms with Crippen molar-refractivity contribution in [1.82, 2.24) is 19.7 Å². The Hall–Kier alpha value is -4.06. The van der Waals surface area contributed by atoms with Gasteiger partial charge < -0.3 is 5.32 Å². The molecule has 2 heterocycles. The Morgan fingerprint density at radius 2 is 1.86 bits per heavy atom. The van der Waals surface area contributed by atoms with Crippen molar-refractivity contribution in [2.24, 2.45) is 0 Å². The summed E-state index contributed by atoms with van der Waals surface area (Å²) in [6.07, 6.45) is 8.73. The van der Waals surface area contributed by atoms with Crippen LogP contribution < -0.4 is 5.32 Å². The molecule has 0 spiro atoms. The molecule has 4 rings (SSSR count). The number of benzene rings is 2. The van der Waals surface area contributed by atoms with Gasteiger partial charge in [-0.15, -0.1) is 0 Å². The highest BCUT2D eigenvalue weighted by atomic mass is 16.1. The maximum atomic E-state index is 12.5. The highest BCUT2D eigenvalue weighted by molar-refractivity contribution is 6.04. The third-order valence-corrected chi connectivity index (χ3v) is 4.09. The number of rotatable bonds is 5. The molecule has 0 bridgehead atoms. The lowest BCUT2D eigenvalue weighted by Gasteiger charge is -2.07. The SMILES string of the molecule is O=C(Nc1cccc(/C=C/c2ccccn2)c1)c1ccc(-n2cncn2)cc1. The van der Waals surface area contributed by atoms with Crippen LogP contribution in [-0.2, 0) is 0 Å². The number of carbonyl (C=O) groups excluding carboxylic acids is 1. The van der Waals surface area contributed by atoms with Crippen molar-refractivity contribution in [3.63, 3.8) is 0 Å². The molecule has 1 amide bonds. The summed E-state index contributed by atoms with van der Waals surface area (Å²) < 4.78 is 1.64. The van der Waals surface area contributed by atoms with Gasteiger partial charge in [0.2, 0.25) is 0 Å². The topological polar surface area (TPSA) is 72.7 Å². The normalized spacial score (nSPS) is 10.9. The molecule has 0 aliphatic heterocycles. The van der Waals surface area contributed by atoms with Crippen LogP contribution in [0.1, 0.15) is 21.6 Å². The van der Waals surface area contributed by atoms with Crippen molar-refractivity contribution in [2.75, 3.05) is 5.32 Å². The maximum absolute atomic E-state index is 12.5. The Labute approximate surface area is 162 Å². The van der Waals surface area contributed by atoms with E-state index in [1.807, 2.05) is 66.7 Å². The molecule has 0 aliphatic carbocycles. The van der Waals surface area contributed by atoms with Crippen LogP contribution in [0.2, 0.25) is 0 Å². The first-order valence-electron chi connectivity index (χ1n) is 8.73. The average molecular weight is 367 g/mol. The molecule has 0 unspecified atom stereocenters. The Balaban J connectivity index is 1.45. The van der Waals surface area contributed by atoms with Gasteiger partial charge in [0.15, 0.2) is 0 Å². The van der Waals surface area contributed by atoms with Gasteiger partial charge in [0, 0.05) is 17.4 Å². The number of amides is 1. The molecule has 6 heteroatoms. The molecule has 0 radical (unpaired) electrons. The molecule has 136 valence electrons. The lowest BCUT2D eigenvalue weighted by molar-refractivity contribution is 0.102. The van der Waals surface area contributed by atoms with E-state index >= 15 is 0 Å². The number of pyridine rings is 1. The summed E-state index contributed by atoms with van der Waals surface area (Å²) in [4.78, 5) is 20.7. The van der Waals surface area contributed by atoms with Crippen LogP contribution in [0.3, 0.4) is 0 Å². The summed E-state index contributed by atoms with van der Waals surface area (Å²) in [6.45, 7) is 0. The van der Waals surface area contributed by atoms with Gasteiger partial charge in [-0.05, 0) is 60.2 Å². The lowest BCUT2D eigenvalue weighted by Crippen LogP contribution is -2.12.